The first-order chi connectivity index (χ1) is 13.4. The number of sulfone groups is 1. The zero-order valence-corrected chi connectivity index (χ0v) is 16.4. The van der Waals surface area contributed by atoms with Crippen LogP contribution in [0.3, 0.4) is 0 Å². The number of aromatic amines is 1. The van der Waals surface area contributed by atoms with Crippen LogP contribution >= 0.6 is 0 Å². The molecule has 2 aliphatic carbocycles. The molecule has 0 saturated heterocycles. The molecule has 0 amide bonds. The summed E-state index contributed by atoms with van der Waals surface area (Å²) in [6, 6.07) is 8.55. The molecule has 7 nitrogen and oxygen atoms in total. The van der Waals surface area contributed by atoms with E-state index in [0.717, 1.165) is 12.1 Å². The number of hydrogen-bond acceptors (Lipinski definition) is 5. The molecule has 0 radical (unpaired) electrons. The van der Waals surface area contributed by atoms with Crippen LogP contribution in [0.2, 0.25) is 0 Å². The summed E-state index contributed by atoms with van der Waals surface area (Å²) in [7, 11) is -3.30. The number of H-pyrrole nitrogens is 1. The molecule has 0 bridgehead atoms. The number of pyridine rings is 1. The van der Waals surface area contributed by atoms with E-state index in [9.17, 15) is 13.2 Å². The van der Waals surface area contributed by atoms with E-state index in [2.05, 4.69) is 15.4 Å². The van der Waals surface area contributed by atoms with E-state index in [1.165, 1.54) is 12.8 Å². The molecule has 1 aromatic carbocycles. The highest BCUT2D eigenvalue weighted by Gasteiger charge is 2.50. The van der Waals surface area contributed by atoms with Crippen molar-refractivity contribution in [3.8, 4) is 0 Å². The van der Waals surface area contributed by atoms with E-state index in [1.54, 1.807) is 37.4 Å². The Kier molecular flexibility index (Phi) is 3.71. The SMILES string of the molecule is CC1(S(=O)(=O)c2ccc(Nc3nn(CC4CC4)c4cc[nH]c(=O)c34)cc2)CC1. The molecule has 0 atom stereocenters. The van der Waals surface area contributed by atoms with Gasteiger partial charge in [0.2, 0.25) is 0 Å². The Bertz CT molecular complexity index is 1220. The number of nitrogens with one attached hydrogen (secondary N) is 2. The van der Waals surface area contributed by atoms with Crippen LogP contribution in [0, 0.1) is 5.92 Å². The summed E-state index contributed by atoms with van der Waals surface area (Å²) >= 11 is 0. The number of fused-ring (bicyclic) bond motifs is 1. The zero-order chi connectivity index (χ0) is 19.5. The average molecular weight is 398 g/mol. The van der Waals surface area contributed by atoms with E-state index < -0.39 is 14.6 Å². The largest absolute Gasteiger partial charge is 0.338 e. The third-order valence-electron chi connectivity index (χ3n) is 5.83. The van der Waals surface area contributed by atoms with Gasteiger partial charge >= 0.3 is 0 Å². The van der Waals surface area contributed by atoms with Crippen LogP contribution in [0.15, 0.2) is 46.2 Å². The number of benzene rings is 1. The lowest BCUT2D eigenvalue weighted by Gasteiger charge is -2.11. The van der Waals surface area contributed by atoms with Gasteiger partial charge in [-0.3, -0.25) is 9.48 Å². The highest BCUT2D eigenvalue weighted by Crippen LogP contribution is 2.46. The van der Waals surface area contributed by atoms with Gasteiger partial charge in [-0.15, -0.1) is 0 Å². The minimum absolute atomic E-state index is 0.192. The van der Waals surface area contributed by atoms with E-state index in [0.29, 0.717) is 40.5 Å². The van der Waals surface area contributed by atoms with Crippen molar-refractivity contribution >= 4 is 32.2 Å². The Hall–Kier alpha value is -2.61. The molecule has 0 aliphatic heterocycles. The Morgan fingerprint density at radius 1 is 1.21 bits per heavy atom. The summed E-state index contributed by atoms with van der Waals surface area (Å²) in [6.07, 6.45) is 5.45. The summed E-state index contributed by atoms with van der Waals surface area (Å²) < 4.78 is 26.5. The van der Waals surface area contributed by atoms with E-state index in [1.807, 2.05) is 10.7 Å². The average Bonchev–Trinajstić information content (AvgIpc) is 3.58. The monoisotopic (exact) mass is 398 g/mol. The van der Waals surface area contributed by atoms with Crippen LogP contribution in [0.1, 0.15) is 32.6 Å². The topological polar surface area (TPSA) is 96.8 Å². The maximum Gasteiger partial charge on any atom is 0.261 e. The summed E-state index contributed by atoms with van der Waals surface area (Å²) in [5.41, 5.74) is 1.31. The molecule has 0 unspecified atom stereocenters. The van der Waals surface area contributed by atoms with Crippen molar-refractivity contribution in [1.29, 1.82) is 0 Å². The van der Waals surface area contributed by atoms with Crippen molar-refractivity contribution in [2.24, 2.45) is 5.92 Å². The maximum absolute atomic E-state index is 12.6. The van der Waals surface area contributed by atoms with Gasteiger partial charge in [-0.25, -0.2) is 8.42 Å². The number of rotatable bonds is 6. The van der Waals surface area contributed by atoms with Gasteiger partial charge < -0.3 is 10.3 Å². The second kappa shape index (κ2) is 5.94. The van der Waals surface area contributed by atoms with Crippen molar-refractivity contribution in [2.75, 3.05) is 5.32 Å². The second-order valence-corrected chi connectivity index (χ2v) is 10.6. The zero-order valence-electron chi connectivity index (χ0n) is 15.6. The van der Waals surface area contributed by atoms with Gasteiger partial charge in [0, 0.05) is 18.4 Å². The van der Waals surface area contributed by atoms with Crippen LogP contribution < -0.4 is 10.9 Å². The van der Waals surface area contributed by atoms with Crippen LogP contribution in [0.5, 0.6) is 0 Å². The first-order valence-electron chi connectivity index (χ1n) is 9.57. The lowest BCUT2D eigenvalue weighted by Crippen LogP contribution is -2.19. The van der Waals surface area contributed by atoms with Crippen molar-refractivity contribution in [3.63, 3.8) is 0 Å². The number of aromatic nitrogens is 3. The van der Waals surface area contributed by atoms with Crippen LogP contribution in [0.25, 0.3) is 10.9 Å². The fourth-order valence-electron chi connectivity index (χ4n) is 3.49. The predicted octanol–water partition coefficient (Wildman–Crippen LogP) is 3.20. The van der Waals surface area contributed by atoms with Crippen molar-refractivity contribution < 1.29 is 8.42 Å². The number of nitrogens with zero attached hydrogens (tertiary/aromatic N) is 2. The standard InChI is InChI=1S/C20H22N4O3S/c1-20(9-10-20)28(26,27)15-6-4-14(5-7-15)22-18-17-16(8-11-21-19(17)25)24(23-18)12-13-2-3-13/h4-8,11,13H,2-3,9-10,12H2,1H3,(H,21,25)(H,22,23). The summed E-state index contributed by atoms with van der Waals surface area (Å²) in [6.45, 7) is 2.59. The van der Waals surface area contributed by atoms with Crippen LogP contribution in [-0.4, -0.2) is 27.9 Å². The van der Waals surface area contributed by atoms with Gasteiger partial charge in [-0.1, -0.05) is 0 Å². The van der Waals surface area contributed by atoms with Gasteiger partial charge in [0.25, 0.3) is 5.56 Å². The van der Waals surface area contributed by atoms with E-state index >= 15 is 0 Å². The van der Waals surface area contributed by atoms with Crippen LogP contribution in [-0.2, 0) is 16.4 Å². The van der Waals surface area contributed by atoms with Crippen molar-refractivity contribution in [1.82, 2.24) is 14.8 Å². The van der Waals surface area contributed by atoms with E-state index in [4.69, 9.17) is 0 Å². The number of hydrogen-bond donors (Lipinski definition) is 2. The lowest BCUT2D eigenvalue weighted by atomic mass is 10.3. The normalized spacial score (nSPS) is 18.3. The molecule has 146 valence electrons. The highest BCUT2D eigenvalue weighted by molar-refractivity contribution is 7.93. The predicted molar refractivity (Wildman–Crippen MR) is 108 cm³/mol. The maximum atomic E-state index is 12.6. The Morgan fingerprint density at radius 3 is 2.57 bits per heavy atom. The van der Waals surface area contributed by atoms with Gasteiger partial charge in [-0.2, -0.15) is 5.10 Å². The first-order valence-corrected chi connectivity index (χ1v) is 11.1. The molecular formula is C20H22N4O3S. The molecule has 28 heavy (non-hydrogen) atoms. The lowest BCUT2D eigenvalue weighted by molar-refractivity contribution is 0.582. The minimum atomic E-state index is -3.30. The third kappa shape index (κ3) is 2.83. The smallest absolute Gasteiger partial charge is 0.261 e. The Labute approximate surface area is 162 Å². The van der Waals surface area contributed by atoms with Crippen molar-refractivity contribution in [3.05, 3.63) is 46.9 Å². The van der Waals surface area contributed by atoms with Gasteiger partial charge in [0.1, 0.15) is 5.39 Å². The molecule has 2 aromatic heterocycles. The Morgan fingerprint density at radius 2 is 1.93 bits per heavy atom. The summed E-state index contributed by atoms with van der Waals surface area (Å²) in [5.74, 6) is 1.12. The van der Waals surface area contributed by atoms with Gasteiger partial charge in [0.05, 0.1) is 15.2 Å². The molecule has 2 fully saturated rings. The molecule has 5 rings (SSSR count). The molecule has 2 heterocycles. The highest BCUT2D eigenvalue weighted by atomic mass is 32.2. The number of anilines is 2. The Balaban J connectivity index is 1.48. The molecule has 2 N–H and O–H groups in total. The first kappa shape index (κ1) is 17.5. The fourth-order valence-corrected chi connectivity index (χ4v) is 5.19. The minimum Gasteiger partial charge on any atom is -0.338 e. The second-order valence-electron chi connectivity index (χ2n) is 8.14. The van der Waals surface area contributed by atoms with E-state index in [-0.39, 0.29) is 5.56 Å². The molecule has 3 aromatic rings. The fraction of sp³-hybridized carbons (Fsp3) is 0.400. The molecule has 2 saturated carbocycles. The summed E-state index contributed by atoms with van der Waals surface area (Å²) in [4.78, 5) is 15.4. The summed E-state index contributed by atoms with van der Waals surface area (Å²) in [5, 5.41) is 8.32. The van der Waals surface area contributed by atoms with Gasteiger partial charge in [-0.05, 0) is 68.9 Å². The van der Waals surface area contributed by atoms with Crippen LogP contribution in [0.4, 0.5) is 11.5 Å². The van der Waals surface area contributed by atoms with Gasteiger partial charge in [0.15, 0.2) is 15.7 Å². The molecule has 0 spiro atoms. The third-order valence-corrected chi connectivity index (χ3v) is 8.43. The quantitative estimate of drug-likeness (QED) is 0.665. The molecule has 8 heteroatoms. The molecule has 2 aliphatic rings. The van der Waals surface area contributed by atoms with Crippen molar-refractivity contribution in [2.45, 2.75) is 48.8 Å². The molecular weight excluding hydrogens is 376 g/mol.